The van der Waals surface area contributed by atoms with E-state index in [1.54, 1.807) is 0 Å². The molecule has 3 nitrogen and oxygen atoms in total. The van der Waals surface area contributed by atoms with Crippen molar-refractivity contribution in [3.05, 3.63) is 12.3 Å². The molecule has 0 saturated heterocycles. The van der Waals surface area contributed by atoms with Crippen LogP contribution in [0.4, 0.5) is 0 Å². The molecule has 0 heterocycles. The molecule has 0 fully saturated rings. The van der Waals surface area contributed by atoms with Crippen molar-refractivity contribution in [2.75, 3.05) is 20.6 Å². The average Bonchev–Trinajstić information content (AvgIpc) is 2.53. The standard InChI is InChI=1S/C21H41NO2/c1-4-5-6-7-8-9-10-11-12-13-14-15-16-17-19-22(2,3)20-18-21(23)24/h17,19H,4-16,18,20H2,1-3H3/p+1. The quantitative estimate of drug-likeness (QED) is 0.255. The van der Waals surface area contributed by atoms with Crippen molar-refractivity contribution in [1.82, 2.24) is 0 Å². The number of rotatable bonds is 17. The Morgan fingerprint density at radius 3 is 1.75 bits per heavy atom. The van der Waals surface area contributed by atoms with Gasteiger partial charge >= 0.3 is 5.97 Å². The van der Waals surface area contributed by atoms with E-state index in [1.165, 1.54) is 77.0 Å². The molecule has 0 amide bonds. The average molecular weight is 341 g/mol. The van der Waals surface area contributed by atoms with Crippen molar-refractivity contribution in [1.29, 1.82) is 0 Å². The van der Waals surface area contributed by atoms with Crippen LogP contribution in [0.2, 0.25) is 0 Å². The number of aliphatic carboxylic acids is 1. The maximum atomic E-state index is 10.6. The molecule has 0 atom stereocenters. The fraction of sp³-hybridized carbons (Fsp3) is 0.857. The molecule has 0 radical (unpaired) electrons. The van der Waals surface area contributed by atoms with E-state index in [0.29, 0.717) is 11.0 Å². The first kappa shape index (κ1) is 23.2. The zero-order chi connectivity index (χ0) is 18.1. The van der Waals surface area contributed by atoms with Gasteiger partial charge in [-0.15, -0.1) is 0 Å². The molecule has 0 unspecified atom stereocenters. The van der Waals surface area contributed by atoms with Gasteiger partial charge in [0.25, 0.3) is 0 Å². The number of hydrogen-bond donors (Lipinski definition) is 1. The van der Waals surface area contributed by atoms with Crippen LogP contribution >= 0.6 is 0 Å². The van der Waals surface area contributed by atoms with Crippen LogP contribution in [0, 0.1) is 0 Å². The van der Waals surface area contributed by atoms with Crippen molar-refractivity contribution in [2.24, 2.45) is 0 Å². The number of carbonyl (C=O) groups is 1. The first-order valence-corrected chi connectivity index (χ1v) is 10.2. The van der Waals surface area contributed by atoms with Crippen LogP contribution in [-0.4, -0.2) is 36.2 Å². The third-order valence-electron chi connectivity index (χ3n) is 4.64. The Labute approximate surface area is 150 Å². The molecule has 0 aromatic carbocycles. The fourth-order valence-electron chi connectivity index (χ4n) is 2.92. The second-order valence-electron chi connectivity index (χ2n) is 7.71. The molecule has 0 aromatic heterocycles. The summed E-state index contributed by atoms with van der Waals surface area (Å²) < 4.78 is 0.657. The highest BCUT2D eigenvalue weighted by atomic mass is 16.4. The van der Waals surface area contributed by atoms with Crippen LogP contribution in [-0.2, 0) is 4.79 Å². The van der Waals surface area contributed by atoms with Gasteiger partial charge < -0.3 is 9.59 Å². The third kappa shape index (κ3) is 17.5. The molecule has 0 bridgehead atoms. The summed E-state index contributed by atoms with van der Waals surface area (Å²) in [5.41, 5.74) is 0. The highest BCUT2D eigenvalue weighted by molar-refractivity contribution is 5.66. The van der Waals surface area contributed by atoms with E-state index in [0.717, 1.165) is 6.42 Å². The Morgan fingerprint density at radius 2 is 1.29 bits per heavy atom. The zero-order valence-electron chi connectivity index (χ0n) is 16.6. The number of carboxylic acids is 1. The molecule has 24 heavy (non-hydrogen) atoms. The molecule has 142 valence electrons. The summed E-state index contributed by atoms with van der Waals surface area (Å²) in [7, 11) is 4.11. The van der Waals surface area contributed by atoms with Gasteiger partial charge in [0.1, 0.15) is 0 Å². The van der Waals surface area contributed by atoms with Gasteiger partial charge in [0.15, 0.2) is 0 Å². The van der Waals surface area contributed by atoms with E-state index in [1.807, 2.05) is 0 Å². The van der Waals surface area contributed by atoms with Crippen LogP contribution < -0.4 is 0 Å². The summed E-state index contributed by atoms with van der Waals surface area (Å²) >= 11 is 0. The SMILES string of the molecule is CCCCCCCCCCCCCCC=C[N+](C)(C)CCC(=O)O. The van der Waals surface area contributed by atoms with Crippen LogP contribution in [0.5, 0.6) is 0 Å². The van der Waals surface area contributed by atoms with Crippen molar-refractivity contribution < 1.29 is 14.4 Å². The monoisotopic (exact) mass is 340 g/mol. The molecule has 0 aliphatic heterocycles. The van der Waals surface area contributed by atoms with E-state index < -0.39 is 5.97 Å². The number of carboxylic acid groups (broad SMARTS) is 1. The van der Waals surface area contributed by atoms with E-state index in [4.69, 9.17) is 5.11 Å². The molecule has 0 rings (SSSR count). The molecule has 1 N–H and O–H groups in total. The Morgan fingerprint density at radius 1 is 0.833 bits per heavy atom. The normalized spacial score (nSPS) is 12.1. The Bertz CT molecular complexity index is 324. The van der Waals surface area contributed by atoms with Crippen molar-refractivity contribution >= 4 is 5.97 Å². The second kappa shape index (κ2) is 15.7. The first-order valence-electron chi connectivity index (χ1n) is 10.2. The van der Waals surface area contributed by atoms with Gasteiger partial charge in [-0.25, -0.2) is 0 Å². The number of allylic oxidation sites excluding steroid dienone is 1. The van der Waals surface area contributed by atoms with Gasteiger partial charge in [0, 0.05) is 0 Å². The summed E-state index contributed by atoms with van der Waals surface area (Å²) in [4.78, 5) is 10.6. The minimum Gasteiger partial charge on any atom is -0.481 e. The lowest BCUT2D eigenvalue weighted by atomic mass is 10.0. The molecular formula is C21H42NO2+. The summed E-state index contributed by atoms with van der Waals surface area (Å²) in [6.45, 7) is 2.93. The summed E-state index contributed by atoms with van der Waals surface area (Å²) in [6.07, 6.45) is 22.3. The topological polar surface area (TPSA) is 37.3 Å². The Balaban J connectivity index is 3.35. The molecule has 0 aromatic rings. The fourth-order valence-corrected chi connectivity index (χ4v) is 2.92. The summed E-state index contributed by atoms with van der Waals surface area (Å²) in [5, 5.41) is 8.74. The van der Waals surface area contributed by atoms with Crippen LogP contribution in [0.15, 0.2) is 12.3 Å². The molecular weight excluding hydrogens is 298 g/mol. The van der Waals surface area contributed by atoms with Gasteiger partial charge in [0.05, 0.1) is 33.3 Å². The minimum absolute atomic E-state index is 0.232. The lowest BCUT2D eigenvalue weighted by Crippen LogP contribution is -2.35. The maximum Gasteiger partial charge on any atom is 0.309 e. The van der Waals surface area contributed by atoms with E-state index in [2.05, 4.69) is 33.3 Å². The van der Waals surface area contributed by atoms with E-state index in [9.17, 15) is 4.79 Å². The highest BCUT2D eigenvalue weighted by Gasteiger charge is 2.12. The lowest BCUT2D eigenvalue weighted by molar-refractivity contribution is -0.838. The number of nitrogens with zero attached hydrogens (tertiary/aromatic N) is 1. The number of unbranched alkanes of at least 4 members (excludes halogenated alkanes) is 12. The van der Waals surface area contributed by atoms with Gasteiger partial charge in [0.2, 0.25) is 0 Å². The minimum atomic E-state index is -0.712. The third-order valence-corrected chi connectivity index (χ3v) is 4.64. The van der Waals surface area contributed by atoms with Gasteiger partial charge in [-0.1, -0.05) is 77.6 Å². The first-order chi connectivity index (χ1) is 11.5. The Kier molecular flexibility index (Phi) is 15.1. The second-order valence-corrected chi connectivity index (χ2v) is 7.71. The van der Waals surface area contributed by atoms with Crippen molar-refractivity contribution in [2.45, 2.75) is 96.8 Å². The molecule has 0 aliphatic carbocycles. The van der Waals surface area contributed by atoms with Gasteiger partial charge in [-0.2, -0.15) is 0 Å². The van der Waals surface area contributed by atoms with Gasteiger partial charge in [-0.3, -0.25) is 4.79 Å². The molecule has 0 spiro atoms. The van der Waals surface area contributed by atoms with Crippen LogP contribution in [0.1, 0.15) is 96.8 Å². The largest absolute Gasteiger partial charge is 0.481 e. The predicted octanol–water partition coefficient (Wildman–Crippen LogP) is 6.14. The van der Waals surface area contributed by atoms with Crippen molar-refractivity contribution in [3.63, 3.8) is 0 Å². The number of quaternary nitrogens is 1. The number of hydrogen-bond acceptors (Lipinski definition) is 1. The van der Waals surface area contributed by atoms with Crippen molar-refractivity contribution in [3.8, 4) is 0 Å². The molecule has 0 aliphatic rings. The maximum absolute atomic E-state index is 10.6. The molecule has 3 heteroatoms. The molecule has 0 saturated carbocycles. The van der Waals surface area contributed by atoms with Crippen LogP contribution in [0.3, 0.4) is 0 Å². The predicted molar refractivity (Wildman–Crippen MR) is 104 cm³/mol. The van der Waals surface area contributed by atoms with E-state index in [-0.39, 0.29) is 6.42 Å². The highest BCUT2D eigenvalue weighted by Crippen LogP contribution is 2.12. The Hall–Kier alpha value is -0.830. The zero-order valence-corrected chi connectivity index (χ0v) is 16.6. The van der Waals surface area contributed by atoms with E-state index >= 15 is 0 Å². The summed E-state index contributed by atoms with van der Waals surface area (Å²) in [5.74, 6) is -0.712. The van der Waals surface area contributed by atoms with Gasteiger partial charge in [-0.05, 0) is 18.9 Å². The van der Waals surface area contributed by atoms with Crippen LogP contribution in [0.25, 0.3) is 0 Å². The lowest BCUT2D eigenvalue weighted by Gasteiger charge is -2.23. The smallest absolute Gasteiger partial charge is 0.309 e. The summed E-state index contributed by atoms with van der Waals surface area (Å²) in [6, 6.07) is 0.